The molecule has 0 aliphatic rings. The molecule has 156 valence electrons. The van der Waals surface area contributed by atoms with Crippen molar-refractivity contribution in [2.45, 2.75) is 40.3 Å². The fraction of sp³-hybridized carbons (Fsp3) is 0.400. The minimum Gasteiger partial charge on any atom is -0.361 e. The van der Waals surface area contributed by atoms with Crippen LogP contribution in [0.3, 0.4) is 0 Å². The van der Waals surface area contributed by atoms with E-state index in [2.05, 4.69) is 26.9 Å². The van der Waals surface area contributed by atoms with E-state index in [1.807, 2.05) is 39.0 Å². The lowest BCUT2D eigenvalue weighted by molar-refractivity contribution is 0.392. The number of hydrogen-bond acceptors (Lipinski definition) is 7. The molecule has 0 unspecified atom stereocenters. The molecule has 0 atom stereocenters. The number of aryl methyl sites for hydroxylation is 3. The van der Waals surface area contributed by atoms with Crippen molar-refractivity contribution >= 4 is 26.5 Å². The number of benzene rings is 1. The van der Waals surface area contributed by atoms with Gasteiger partial charge in [-0.05, 0) is 32.8 Å². The van der Waals surface area contributed by atoms with Crippen LogP contribution in [-0.2, 0) is 29.5 Å². The van der Waals surface area contributed by atoms with E-state index in [1.165, 1.54) is 5.56 Å². The van der Waals surface area contributed by atoms with Gasteiger partial charge in [-0.15, -0.1) is 11.3 Å². The highest BCUT2D eigenvalue weighted by molar-refractivity contribution is 7.88. The maximum atomic E-state index is 11.4. The summed E-state index contributed by atoms with van der Waals surface area (Å²) in [5.41, 5.74) is 3.98. The number of anilines is 1. The van der Waals surface area contributed by atoms with Crippen molar-refractivity contribution in [3.63, 3.8) is 0 Å². The number of sulfonamides is 1. The lowest BCUT2D eigenvalue weighted by atomic mass is 10.1. The Morgan fingerprint density at radius 3 is 2.52 bits per heavy atom. The molecule has 0 saturated heterocycles. The third-order valence-corrected chi connectivity index (χ3v) is 6.43. The summed E-state index contributed by atoms with van der Waals surface area (Å²) in [6.07, 6.45) is 1.95. The van der Waals surface area contributed by atoms with E-state index < -0.39 is 10.0 Å². The first-order valence-electron chi connectivity index (χ1n) is 9.34. The van der Waals surface area contributed by atoms with Gasteiger partial charge in [0.05, 0.1) is 24.2 Å². The summed E-state index contributed by atoms with van der Waals surface area (Å²) >= 11 is 1.58. The lowest BCUT2D eigenvalue weighted by Gasteiger charge is -2.22. The standard InChI is InChI=1S/C20H26N4O3S2/c1-14-18(15(2)27-23-14)10-11-24(13-17-8-6-5-7-9-17)20-22-19(16(3)28-20)12-21-29(4,25)26/h5-9,21H,10-13H2,1-4H3. The molecule has 2 heterocycles. The molecule has 3 rings (SSSR count). The largest absolute Gasteiger partial charge is 0.361 e. The molecule has 9 heteroatoms. The smallest absolute Gasteiger partial charge is 0.209 e. The normalized spacial score (nSPS) is 11.7. The summed E-state index contributed by atoms with van der Waals surface area (Å²) in [4.78, 5) is 7.96. The van der Waals surface area contributed by atoms with Crippen LogP contribution in [0, 0.1) is 20.8 Å². The highest BCUT2D eigenvalue weighted by Gasteiger charge is 2.18. The Balaban J connectivity index is 1.82. The number of nitrogens with one attached hydrogen (secondary N) is 1. The number of nitrogens with zero attached hydrogens (tertiary/aromatic N) is 3. The van der Waals surface area contributed by atoms with E-state index >= 15 is 0 Å². The average Bonchev–Trinajstić information content (AvgIpc) is 3.19. The van der Waals surface area contributed by atoms with Crippen molar-refractivity contribution in [2.24, 2.45) is 0 Å². The van der Waals surface area contributed by atoms with Crippen molar-refractivity contribution in [1.82, 2.24) is 14.9 Å². The quantitative estimate of drug-likeness (QED) is 0.556. The first-order valence-corrected chi connectivity index (χ1v) is 12.1. The third kappa shape index (κ3) is 5.88. The summed E-state index contributed by atoms with van der Waals surface area (Å²) in [6, 6.07) is 10.2. The highest BCUT2D eigenvalue weighted by atomic mass is 32.2. The number of rotatable bonds is 9. The van der Waals surface area contributed by atoms with Gasteiger partial charge in [-0.25, -0.2) is 18.1 Å². The van der Waals surface area contributed by atoms with Crippen molar-refractivity contribution in [3.05, 3.63) is 63.5 Å². The fourth-order valence-electron chi connectivity index (χ4n) is 3.06. The van der Waals surface area contributed by atoms with Crippen LogP contribution < -0.4 is 9.62 Å². The first kappa shape index (κ1) is 21.5. The zero-order chi connectivity index (χ0) is 21.0. The predicted molar refractivity (Wildman–Crippen MR) is 116 cm³/mol. The Labute approximate surface area is 175 Å². The molecule has 2 aromatic heterocycles. The fourth-order valence-corrected chi connectivity index (χ4v) is 4.41. The molecule has 29 heavy (non-hydrogen) atoms. The van der Waals surface area contributed by atoms with E-state index in [0.29, 0.717) is 0 Å². The molecule has 1 aromatic carbocycles. The number of hydrogen-bond donors (Lipinski definition) is 1. The average molecular weight is 435 g/mol. The molecule has 0 radical (unpaired) electrons. The number of thiazole rings is 1. The second-order valence-corrected chi connectivity index (χ2v) is 10.1. The molecule has 1 N–H and O–H groups in total. The zero-order valence-electron chi connectivity index (χ0n) is 17.1. The van der Waals surface area contributed by atoms with Gasteiger partial charge in [-0.2, -0.15) is 0 Å². The van der Waals surface area contributed by atoms with Crippen molar-refractivity contribution < 1.29 is 12.9 Å². The zero-order valence-corrected chi connectivity index (χ0v) is 18.7. The molecule has 7 nitrogen and oxygen atoms in total. The lowest BCUT2D eigenvalue weighted by Crippen LogP contribution is -2.26. The number of aromatic nitrogens is 2. The van der Waals surface area contributed by atoms with Crippen LogP contribution in [0.4, 0.5) is 5.13 Å². The van der Waals surface area contributed by atoms with Crippen LogP contribution in [-0.4, -0.2) is 31.4 Å². The Morgan fingerprint density at radius 2 is 1.90 bits per heavy atom. The van der Waals surface area contributed by atoms with Gasteiger partial charge in [0.1, 0.15) is 5.76 Å². The van der Waals surface area contributed by atoms with E-state index in [4.69, 9.17) is 9.51 Å². The SMILES string of the molecule is Cc1noc(C)c1CCN(Cc1ccccc1)c1nc(CNS(C)(=O)=O)c(C)s1. The van der Waals surface area contributed by atoms with E-state index in [-0.39, 0.29) is 6.54 Å². The van der Waals surface area contributed by atoms with Crippen LogP contribution in [0.1, 0.15) is 33.2 Å². The molecule has 0 fully saturated rings. The van der Waals surface area contributed by atoms with Crippen molar-refractivity contribution in [2.75, 3.05) is 17.7 Å². The Hall–Kier alpha value is -2.23. The second-order valence-electron chi connectivity index (χ2n) is 7.05. The molecule has 3 aromatic rings. The summed E-state index contributed by atoms with van der Waals surface area (Å²) < 4.78 is 30.7. The Morgan fingerprint density at radius 1 is 1.17 bits per heavy atom. The molecule has 0 spiro atoms. The maximum absolute atomic E-state index is 11.4. The van der Waals surface area contributed by atoms with E-state index in [1.54, 1.807) is 11.3 Å². The topological polar surface area (TPSA) is 88.3 Å². The van der Waals surface area contributed by atoms with Gasteiger partial charge in [0.25, 0.3) is 0 Å². The minimum atomic E-state index is -3.26. The van der Waals surface area contributed by atoms with Gasteiger partial charge in [-0.1, -0.05) is 35.5 Å². The highest BCUT2D eigenvalue weighted by Crippen LogP contribution is 2.28. The second kappa shape index (κ2) is 9.06. The summed E-state index contributed by atoms with van der Waals surface area (Å²) in [5, 5.41) is 4.92. The monoisotopic (exact) mass is 434 g/mol. The van der Waals surface area contributed by atoms with Crippen LogP contribution in [0.15, 0.2) is 34.9 Å². The van der Waals surface area contributed by atoms with Gasteiger partial charge in [0.2, 0.25) is 10.0 Å². The molecule has 0 saturated carbocycles. The third-order valence-electron chi connectivity index (χ3n) is 4.68. The molecule has 0 aliphatic carbocycles. The first-order chi connectivity index (χ1) is 13.7. The molecule has 0 amide bonds. The molecule has 0 aliphatic heterocycles. The van der Waals surface area contributed by atoms with E-state index in [9.17, 15) is 8.42 Å². The van der Waals surface area contributed by atoms with Gasteiger partial charge in [0, 0.05) is 23.5 Å². The van der Waals surface area contributed by atoms with Gasteiger partial charge in [-0.3, -0.25) is 0 Å². The molecule has 0 bridgehead atoms. The Bertz CT molecular complexity index is 1040. The van der Waals surface area contributed by atoms with Gasteiger partial charge >= 0.3 is 0 Å². The summed E-state index contributed by atoms with van der Waals surface area (Å²) in [6.45, 7) is 7.52. The summed E-state index contributed by atoms with van der Waals surface area (Å²) in [7, 11) is -3.26. The van der Waals surface area contributed by atoms with Gasteiger partial charge < -0.3 is 9.42 Å². The Kier molecular flexibility index (Phi) is 6.71. The van der Waals surface area contributed by atoms with Crippen LogP contribution in [0.2, 0.25) is 0 Å². The molecular weight excluding hydrogens is 408 g/mol. The minimum absolute atomic E-state index is 0.199. The van der Waals surface area contributed by atoms with Crippen molar-refractivity contribution in [1.29, 1.82) is 0 Å². The van der Waals surface area contributed by atoms with Crippen molar-refractivity contribution in [3.8, 4) is 0 Å². The van der Waals surface area contributed by atoms with Crippen LogP contribution in [0.5, 0.6) is 0 Å². The predicted octanol–water partition coefficient (Wildman–Crippen LogP) is 3.35. The van der Waals surface area contributed by atoms with Crippen LogP contribution in [0.25, 0.3) is 0 Å². The molecular formula is C20H26N4O3S2. The van der Waals surface area contributed by atoms with Crippen LogP contribution >= 0.6 is 11.3 Å². The van der Waals surface area contributed by atoms with Gasteiger partial charge in [0.15, 0.2) is 5.13 Å². The maximum Gasteiger partial charge on any atom is 0.209 e. The summed E-state index contributed by atoms with van der Waals surface area (Å²) in [5.74, 6) is 0.843. The van der Waals surface area contributed by atoms with E-state index in [0.717, 1.165) is 58.5 Å².